The summed E-state index contributed by atoms with van der Waals surface area (Å²) in [6.45, 7) is 10.8. The van der Waals surface area contributed by atoms with Crippen LogP contribution in [0.1, 0.15) is 19.4 Å². The van der Waals surface area contributed by atoms with Crippen molar-refractivity contribution < 1.29 is 4.74 Å². The summed E-state index contributed by atoms with van der Waals surface area (Å²) in [5, 5.41) is 7.64. The summed E-state index contributed by atoms with van der Waals surface area (Å²) in [4.78, 5) is 9.37. The van der Waals surface area contributed by atoms with Gasteiger partial charge in [0, 0.05) is 57.4 Å². The number of benzene rings is 1. The monoisotopic (exact) mass is 409 g/mol. The molecule has 1 fully saturated rings. The molecule has 1 unspecified atom stereocenters. The van der Waals surface area contributed by atoms with Gasteiger partial charge < -0.3 is 20.3 Å². The molecule has 2 N–H and O–H groups in total. The van der Waals surface area contributed by atoms with Gasteiger partial charge in [0.05, 0.1) is 7.11 Å². The van der Waals surface area contributed by atoms with E-state index in [0.717, 1.165) is 68.0 Å². The predicted molar refractivity (Wildman–Crippen MR) is 119 cm³/mol. The van der Waals surface area contributed by atoms with E-state index in [-0.39, 0.29) is 0 Å². The van der Waals surface area contributed by atoms with Gasteiger partial charge in [-0.1, -0.05) is 31.5 Å². The molecular weight excluding hydrogens is 374 g/mol. The number of ether oxygens (including phenoxy) is 1. The van der Waals surface area contributed by atoms with E-state index in [1.54, 1.807) is 7.11 Å². The number of hydrogen-bond donors (Lipinski definition) is 2. The average Bonchev–Trinajstić information content (AvgIpc) is 2.68. The van der Waals surface area contributed by atoms with Gasteiger partial charge in [-0.15, -0.1) is 0 Å². The van der Waals surface area contributed by atoms with Crippen LogP contribution in [0.3, 0.4) is 0 Å². The van der Waals surface area contributed by atoms with Gasteiger partial charge in [0.2, 0.25) is 0 Å². The number of hydrogen-bond acceptors (Lipinski definition) is 4. The van der Waals surface area contributed by atoms with Gasteiger partial charge in [-0.2, -0.15) is 0 Å². The largest absolute Gasteiger partial charge is 0.497 e. The van der Waals surface area contributed by atoms with Gasteiger partial charge in [0.15, 0.2) is 5.96 Å². The van der Waals surface area contributed by atoms with Crippen LogP contribution in [0.4, 0.5) is 0 Å². The Morgan fingerprint density at radius 2 is 1.93 bits per heavy atom. The zero-order valence-corrected chi connectivity index (χ0v) is 18.7. The molecule has 1 aromatic rings. The second-order valence-corrected chi connectivity index (χ2v) is 8.15. The Kier molecular flexibility index (Phi) is 9.35. The van der Waals surface area contributed by atoms with Gasteiger partial charge in [-0.25, -0.2) is 0 Å². The Hall–Kier alpha value is -1.50. The third-order valence-electron chi connectivity index (χ3n) is 5.43. The third kappa shape index (κ3) is 6.83. The highest BCUT2D eigenvalue weighted by atomic mass is 35.5. The number of nitrogens with zero attached hydrogens (tertiary/aromatic N) is 3. The van der Waals surface area contributed by atoms with Crippen molar-refractivity contribution in [2.24, 2.45) is 10.9 Å². The number of piperazine rings is 1. The van der Waals surface area contributed by atoms with Gasteiger partial charge in [0.1, 0.15) is 5.75 Å². The maximum Gasteiger partial charge on any atom is 0.191 e. The predicted octanol–water partition coefficient (Wildman–Crippen LogP) is 2.33. The third-order valence-corrected chi connectivity index (χ3v) is 5.78. The topological polar surface area (TPSA) is 52.1 Å². The van der Waals surface area contributed by atoms with Crippen LogP contribution >= 0.6 is 11.6 Å². The molecule has 28 heavy (non-hydrogen) atoms. The summed E-state index contributed by atoms with van der Waals surface area (Å²) in [6, 6.07) is 6.31. The maximum atomic E-state index is 6.33. The number of likely N-dealkylation sites (N-methyl/N-ethyl adjacent to an activating group) is 1. The first-order valence-corrected chi connectivity index (χ1v) is 10.5. The molecule has 0 spiro atoms. The van der Waals surface area contributed by atoms with E-state index < -0.39 is 0 Å². The number of aliphatic imine (C=N–C) groups is 1. The van der Waals surface area contributed by atoms with Crippen molar-refractivity contribution in [3.63, 3.8) is 0 Å². The van der Waals surface area contributed by atoms with Crippen LogP contribution in [0.2, 0.25) is 5.02 Å². The fraction of sp³-hybridized carbons (Fsp3) is 0.667. The summed E-state index contributed by atoms with van der Waals surface area (Å²) in [5.74, 6) is 2.21. The van der Waals surface area contributed by atoms with Gasteiger partial charge in [-0.3, -0.25) is 9.89 Å². The first kappa shape index (κ1) is 22.8. The van der Waals surface area contributed by atoms with E-state index in [1.807, 2.05) is 25.2 Å². The van der Waals surface area contributed by atoms with E-state index >= 15 is 0 Å². The molecule has 0 radical (unpaired) electrons. The van der Waals surface area contributed by atoms with Crippen LogP contribution in [0.5, 0.6) is 5.75 Å². The molecule has 0 amide bonds. The zero-order chi connectivity index (χ0) is 20.5. The number of rotatable bonds is 8. The van der Waals surface area contributed by atoms with Crippen LogP contribution < -0.4 is 15.4 Å². The molecule has 158 valence electrons. The molecule has 0 bridgehead atoms. The van der Waals surface area contributed by atoms with Crippen molar-refractivity contribution in [3.8, 4) is 5.75 Å². The van der Waals surface area contributed by atoms with Crippen molar-refractivity contribution in [1.82, 2.24) is 20.4 Å². The lowest BCUT2D eigenvalue weighted by atomic mass is 10.0. The second kappa shape index (κ2) is 11.5. The molecule has 1 atom stereocenters. The minimum atomic E-state index is 0.503. The van der Waals surface area contributed by atoms with Gasteiger partial charge >= 0.3 is 0 Å². The summed E-state index contributed by atoms with van der Waals surface area (Å²) >= 11 is 6.33. The lowest BCUT2D eigenvalue weighted by Gasteiger charge is -2.40. The fourth-order valence-electron chi connectivity index (χ4n) is 3.54. The standard InChI is InChI=1S/C21H36ClN5O/c1-16(2)20(27-12-10-26(4)11-13-27)15-25-21(23-3)24-9-8-17-6-7-18(28-5)14-19(17)22/h6-7,14,16,20H,8-13,15H2,1-5H3,(H2,23,24,25). The minimum absolute atomic E-state index is 0.503. The Balaban J connectivity index is 1.81. The average molecular weight is 410 g/mol. The Morgan fingerprint density at radius 1 is 1.21 bits per heavy atom. The molecule has 0 saturated carbocycles. The summed E-state index contributed by atoms with van der Waals surface area (Å²) in [5.41, 5.74) is 1.10. The lowest BCUT2D eigenvalue weighted by Crippen LogP contribution is -2.55. The van der Waals surface area contributed by atoms with Crippen LogP contribution in [0.15, 0.2) is 23.2 Å². The molecule has 1 heterocycles. The quantitative estimate of drug-likeness (QED) is 0.509. The molecule has 1 aromatic carbocycles. The zero-order valence-electron chi connectivity index (χ0n) is 18.0. The SMILES string of the molecule is CN=C(NCCc1ccc(OC)cc1Cl)NCC(C(C)C)N1CCN(C)CC1. The summed E-state index contributed by atoms with van der Waals surface area (Å²) in [6.07, 6.45) is 0.829. The van der Waals surface area contributed by atoms with Crippen LogP contribution in [0.25, 0.3) is 0 Å². The van der Waals surface area contributed by atoms with E-state index in [4.69, 9.17) is 16.3 Å². The van der Waals surface area contributed by atoms with Crippen LogP contribution in [-0.4, -0.2) is 82.3 Å². The number of nitrogens with one attached hydrogen (secondary N) is 2. The van der Waals surface area contributed by atoms with Crippen LogP contribution in [-0.2, 0) is 6.42 Å². The number of methoxy groups -OCH3 is 1. The molecule has 7 heteroatoms. The van der Waals surface area contributed by atoms with E-state index in [0.29, 0.717) is 12.0 Å². The Morgan fingerprint density at radius 3 is 2.50 bits per heavy atom. The molecule has 0 aliphatic carbocycles. The van der Waals surface area contributed by atoms with E-state index in [1.165, 1.54) is 0 Å². The highest BCUT2D eigenvalue weighted by molar-refractivity contribution is 6.31. The number of guanidine groups is 1. The normalized spacial score (nSPS) is 17.6. The Labute approximate surface area is 175 Å². The van der Waals surface area contributed by atoms with Crippen LogP contribution in [0, 0.1) is 5.92 Å². The smallest absolute Gasteiger partial charge is 0.191 e. The maximum absolute atomic E-state index is 6.33. The van der Waals surface area contributed by atoms with E-state index in [2.05, 4.69) is 46.3 Å². The first-order chi connectivity index (χ1) is 13.4. The highest BCUT2D eigenvalue weighted by Gasteiger charge is 2.25. The summed E-state index contributed by atoms with van der Waals surface area (Å²) in [7, 11) is 5.66. The molecule has 1 aliphatic rings. The molecule has 6 nitrogen and oxygen atoms in total. The van der Waals surface area contributed by atoms with Crippen molar-refractivity contribution in [2.75, 3.05) is 60.5 Å². The first-order valence-electron chi connectivity index (χ1n) is 10.1. The van der Waals surface area contributed by atoms with Crippen molar-refractivity contribution >= 4 is 17.6 Å². The van der Waals surface area contributed by atoms with Crippen molar-refractivity contribution in [1.29, 1.82) is 0 Å². The minimum Gasteiger partial charge on any atom is -0.497 e. The van der Waals surface area contributed by atoms with Gasteiger partial charge in [-0.05, 0) is 37.1 Å². The molecule has 1 saturated heterocycles. The fourth-order valence-corrected chi connectivity index (χ4v) is 3.80. The van der Waals surface area contributed by atoms with Crippen molar-refractivity contribution in [2.45, 2.75) is 26.3 Å². The van der Waals surface area contributed by atoms with Crippen molar-refractivity contribution in [3.05, 3.63) is 28.8 Å². The lowest BCUT2D eigenvalue weighted by molar-refractivity contribution is 0.0900. The number of halogens is 1. The van der Waals surface area contributed by atoms with Gasteiger partial charge in [0.25, 0.3) is 0 Å². The highest BCUT2D eigenvalue weighted by Crippen LogP contribution is 2.22. The van der Waals surface area contributed by atoms with E-state index in [9.17, 15) is 0 Å². The second-order valence-electron chi connectivity index (χ2n) is 7.74. The molecular formula is C21H36ClN5O. The summed E-state index contributed by atoms with van der Waals surface area (Å²) < 4.78 is 5.20. The molecule has 0 aromatic heterocycles. The Bertz CT molecular complexity index is 629. The molecule has 1 aliphatic heterocycles. The molecule has 2 rings (SSSR count).